The molecular weight excluding hydrogens is 247 g/mol. The number of hydrogen-bond acceptors (Lipinski definition) is 3. The summed E-state index contributed by atoms with van der Waals surface area (Å²) >= 11 is 5.62. The maximum absolute atomic E-state index is 13.2. The Hall–Kier alpha value is -1.62. The molecule has 0 aromatic heterocycles. The van der Waals surface area contributed by atoms with Gasteiger partial charge in [-0.25, -0.2) is 4.39 Å². The highest BCUT2D eigenvalue weighted by Gasteiger charge is 2.20. The SMILES string of the molecule is O=[N+]([O-])c1cc(F)c(Cl)cc1NC1CC=CC1. The van der Waals surface area contributed by atoms with Gasteiger partial charge >= 0.3 is 0 Å². The van der Waals surface area contributed by atoms with Gasteiger partial charge in [-0.15, -0.1) is 0 Å². The number of benzene rings is 1. The number of nitro benzene ring substituents is 1. The Labute approximate surface area is 102 Å². The minimum Gasteiger partial charge on any atom is -0.376 e. The van der Waals surface area contributed by atoms with E-state index in [1.165, 1.54) is 6.07 Å². The molecule has 0 spiro atoms. The first-order chi connectivity index (χ1) is 8.08. The molecule has 0 amide bonds. The summed E-state index contributed by atoms with van der Waals surface area (Å²) in [4.78, 5) is 10.2. The minimum absolute atomic E-state index is 0.107. The molecular formula is C11H10ClFN2O2. The summed E-state index contributed by atoms with van der Waals surface area (Å²) < 4.78 is 13.2. The van der Waals surface area contributed by atoms with E-state index in [9.17, 15) is 14.5 Å². The zero-order valence-corrected chi connectivity index (χ0v) is 9.58. The lowest BCUT2D eigenvalue weighted by atomic mass is 10.2. The monoisotopic (exact) mass is 256 g/mol. The summed E-state index contributed by atoms with van der Waals surface area (Å²) in [5.74, 6) is -0.784. The molecule has 1 aromatic carbocycles. The van der Waals surface area contributed by atoms with Crippen LogP contribution in [-0.2, 0) is 0 Å². The molecule has 2 rings (SSSR count). The van der Waals surface area contributed by atoms with Crippen LogP contribution >= 0.6 is 11.6 Å². The summed E-state index contributed by atoms with van der Waals surface area (Å²) in [6, 6.07) is 2.20. The van der Waals surface area contributed by atoms with Crippen LogP contribution in [-0.4, -0.2) is 11.0 Å². The van der Waals surface area contributed by atoms with Crippen LogP contribution in [0.15, 0.2) is 24.3 Å². The van der Waals surface area contributed by atoms with Gasteiger partial charge in [0.15, 0.2) is 0 Å². The lowest BCUT2D eigenvalue weighted by molar-refractivity contribution is -0.384. The van der Waals surface area contributed by atoms with Gasteiger partial charge in [-0.05, 0) is 18.9 Å². The van der Waals surface area contributed by atoms with Gasteiger partial charge in [-0.2, -0.15) is 0 Å². The summed E-state index contributed by atoms with van der Waals surface area (Å²) in [6.45, 7) is 0. The van der Waals surface area contributed by atoms with Gasteiger partial charge in [0.2, 0.25) is 0 Å². The molecule has 90 valence electrons. The first kappa shape index (κ1) is 11.9. The molecule has 0 saturated heterocycles. The van der Waals surface area contributed by atoms with E-state index >= 15 is 0 Å². The van der Waals surface area contributed by atoms with Gasteiger partial charge in [0.1, 0.15) is 11.5 Å². The van der Waals surface area contributed by atoms with E-state index in [2.05, 4.69) is 5.32 Å². The maximum Gasteiger partial charge on any atom is 0.295 e. The van der Waals surface area contributed by atoms with Gasteiger partial charge in [0.25, 0.3) is 5.69 Å². The largest absolute Gasteiger partial charge is 0.376 e. The second kappa shape index (κ2) is 4.71. The summed E-state index contributed by atoms with van der Waals surface area (Å²) in [5.41, 5.74) is -0.0334. The fraction of sp³-hybridized carbons (Fsp3) is 0.273. The Kier molecular flexibility index (Phi) is 3.28. The van der Waals surface area contributed by atoms with Gasteiger partial charge in [0, 0.05) is 6.04 Å². The van der Waals surface area contributed by atoms with Crippen molar-refractivity contribution in [3.05, 3.63) is 45.2 Å². The molecule has 0 aliphatic heterocycles. The Bertz CT molecular complexity index is 483. The smallest absolute Gasteiger partial charge is 0.295 e. The summed E-state index contributed by atoms with van der Waals surface area (Å²) in [7, 11) is 0. The lowest BCUT2D eigenvalue weighted by Gasteiger charge is -2.14. The Morgan fingerprint density at radius 3 is 2.65 bits per heavy atom. The molecule has 0 saturated carbocycles. The third-order valence-corrected chi connectivity index (χ3v) is 2.89. The second-order valence-corrected chi connectivity index (χ2v) is 4.23. The van der Waals surface area contributed by atoms with Gasteiger partial charge < -0.3 is 5.32 Å². The average Bonchev–Trinajstić information content (AvgIpc) is 2.75. The molecule has 4 nitrogen and oxygen atoms in total. The van der Waals surface area contributed by atoms with Crippen LogP contribution in [0.1, 0.15) is 12.8 Å². The maximum atomic E-state index is 13.2. The zero-order chi connectivity index (χ0) is 12.4. The van der Waals surface area contributed by atoms with E-state index < -0.39 is 10.7 Å². The predicted octanol–water partition coefficient (Wildman–Crippen LogP) is 3.52. The molecule has 1 aliphatic rings. The van der Waals surface area contributed by atoms with Crippen LogP contribution in [0.5, 0.6) is 0 Å². The standard InChI is InChI=1S/C11H10ClFN2O2/c12-8-5-10(14-7-3-1-2-4-7)11(15(16)17)6-9(8)13/h1-2,5-7,14H,3-4H2. The fourth-order valence-corrected chi connectivity index (χ4v) is 1.92. The van der Waals surface area contributed by atoms with Gasteiger partial charge in [-0.3, -0.25) is 10.1 Å². The lowest BCUT2D eigenvalue weighted by Crippen LogP contribution is -2.16. The predicted molar refractivity (Wildman–Crippen MR) is 63.8 cm³/mol. The van der Waals surface area contributed by atoms with Crippen molar-refractivity contribution in [1.82, 2.24) is 0 Å². The van der Waals surface area contributed by atoms with E-state index in [0.29, 0.717) is 0 Å². The first-order valence-electron chi connectivity index (χ1n) is 5.13. The van der Waals surface area contributed by atoms with Crippen molar-refractivity contribution >= 4 is 23.0 Å². The number of nitrogens with zero attached hydrogens (tertiary/aromatic N) is 1. The highest BCUT2D eigenvalue weighted by molar-refractivity contribution is 6.31. The minimum atomic E-state index is -0.784. The molecule has 1 aliphatic carbocycles. The van der Waals surface area contributed by atoms with Crippen molar-refractivity contribution in [2.24, 2.45) is 0 Å². The number of halogens is 2. The summed E-state index contributed by atoms with van der Waals surface area (Å²) in [5, 5.41) is 13.7. The van der Waals surface area contributed by atoms with Crippen molar-refractivity contribution in [2.75, 3.05) is 5.32 Å². The molecule has 17 heavy (non-hydrogen) atoms. The summed E-state index contributed by atoms with van der Waals surface area (Å²) in [6.07, 6.45) is 5.58. The van der Waals surface area contributed by atoms with Crippen molar-refractivity contribution in [3.63, 3.8) is 0 Å². The van der Waals surface area contributed by atoms with Crippen molar-refractivity contribution in [1.29, 1.82) is 0 Å². The Balaban J connectivity index is 2.30. The molecule has 0 atom stereocenters. The number of anilines is 1. The zero-order valence-electron chi connectivity index (χ0n) is 8.82. The number of nitrogens with one attached hydrogen (secondary N) is 1. The fourth-order valence-electron chi connectivity index (χ4n) is 1.76. The van der Waals surface area contributed by atoms with Crippen molar-refractivity contribution < 1.29 is 9.31 Å². The van der Waals surface area contributed by atoms with Gasteiger partial charge in [0.05, 0.1) is 16.0 Å². The van der Waals surface area contributed by atoms with E-state index in [1.54, 1.807) is 0 Å². The topological polar surface area (TPSA) is 55.2 Å². The number of nitro groups is 1. The van der Waals surface area contributed by atoms with Crippen LogP contribution in [0, 0.1) is 15.9 Å². The highest BCUT2D eigenvalue weighted by Crippen LogP contribution is 2.31. The highest BCUT2D eigenvalue weighted by atomic mass is 35.5. The van der Waals surface area contributed by atoms with Crippen LogP contribution in [0.25, 0.3) is 0 Å². The van der Waals surface area contributed by atoms with E-state index in [1.807, 2.05) is 12.2 Å². The molecule has 0 fully saturated rings. The van der Waals surface area contributed by atoms with E-state index in [0.717, 1.165) is 18.9 Å². The second-order valence-electron chi connectivity index (χ2n) is 3.82. The third-order valence-electron chi connectivity index (χ3n) is 2.60. The van der Waals surface area contributed by atoms with E-state index in [-0.39, 0.29) is 22.4 Å². The Morgan fingerprint density at radius 2 is 2.06 bits per heavy atom. The van der Waals surface area contributed by atoms with Crippen molar-refractivity contribution in [2.45, 2.75) is 18.9 Å². The average molecular weight is 257 g/mol. The van der Waals surface area contributed by atoms with Crippen molar-refractivity contribution in [3.8, 4) is 0 Å². The van der Waals surface area contributed by atoms with E-state index in [4.69, 9.17) is 11.6 Å². The molecule has 0 radical (unpaired) electrons. The van der Waals surface area contributed by atoms with Gasteiger partial charge in [-0.1, -0.05) is 23.8 Å². The van der Waals surface area contributed by atoms with Crippen LogP contribution < -0.4 is 5.32 Å². The first-order valence-corrected chi connectivity index (χ1v) is 5.50. The number of rotatable bonds is 3. The number of hydrogen-bond donors (Lipinski definition) is 1. The normalized spacial score (nSPS) is 15.2. The quantitative estimate of drug-likeness (QED) is 0.511. The molecule has 1 N–H and O–H groups in total. The third kappa shape index (κ3) is 2.55. The van der Waals surface area contributed by atoms with Crippen LogP contribution in [0.4, 0.5) is 15.8 Å². The van der Waals surface area contributed by atoms with Crippen LogP contribution in [0.2, 0.25) is 5.02 Å². The Morgan fingerprint density at radius 1 is 1.41 bits per heavy atom. The molecule has 0 unspecified atom stereocenters. The molecule has 0 bridgehead atoms. The molecule has 6 heteroatoms. The molecule has 1 aromatic rings. The molecule has 0 heterocycles. The van der Waals surface area contributed by atoms with Crippen LogP contribution in [0.3, 0.4) is 0 Å².